The SMILES string of the molecule is COc1cc(C(=O)NC2CCN(C(=O)CN3CCCC3)CC2)ccc1Nc1ncc2c(n1)N(C1CCCC1)CC(F)(F)C(=O)N2C. The molecule has 0 atom stereocenters. The number of ether oxygens (including phenoxy) is 1. The summed E-state index contributed by atoms with van der Waals surface area (Å²) in [7, 11) is 2.80. The van der Waals surface area contributed by atoms with E-state index in [9.17, 15) is 23.2 Å². The molecule has 0 spiro atoms. The molecule has 3 fully saturated rings. The quantitative estimate of drug-likeness (QED) is 0.447. The van der Waals surface area contributed by atoms with Crippen molar-refractivity contribution in [2.45, 2.75) is 69.4 Å². The van der Waals surface area contributed by atoms with E-state index in [1.54, 1.807) is 23.1 Å². The highest BCUT2D eigenvalue weighted by molar-refractivity contribution is 6.02. The molecular weight excluding hydrogens is 598 g/mol. The van der Waals surface area contributed by atoms with Crippen LogP contribution in [0, 0.1) is 0 Å². The van der Waals surface area contributed by atoms with Crippen LogP contribution in [0.5, 0.6) is 5.75 Å². The lowest BCUT2D eigenvalue weighted by Crippen LogP contribution is -2.48. The van der Waals surface area contributed by atoms with Crippen LogP contribution in [0.25, 0.3) is 0 Å². The van der Waals surface area contributed by atoms with Crippen molar-refractivity contribution in [1.29, 1.82) is 0 Å². The Morgan fingerprint density at radius 2 is 1.76 bits per heavy atom. The van der Waals surface area contributed by atoms with E-state index in [0.717, 1.165) is 56.5 Å². The molecule has 1 aromatic heterocycles. The Morgan fingerprint density at radius 1 is 1.04 bits per heavy atom. The molecule has 3 aliphatic heterocycles. The summed E-state index contributed by atoms with van der Waals surface area (Å²) in [5, 5.41) is 6.19. The smallest absolute Gasteiger partial charge is 0.342 e. The lowest BCUT2D eigenvalue weighted by atomic mass is 10.0. The second kappa shape index (κ2) is 13.3. The average molecular weight is 641 g/mol. The first-order valence-electron chi connectivity index (χ1n) is 16.2. The van der Waals surface area contributed by atoms with Gasteiger partial charge in [-0.1, -0.05) is 12.8 Å². The van der Waals surface area contributed by atoms with E-state index in [2.05, 4.69) is 25.5 Å². The van der Waals surface area contributed by atoms with Crippen LogP contribution in [0.3, 0.4) is 0 Å². The van der Waals surface area contributed by atoms with Crippen LogP contribution in [0.1, 0.15) is 61.7 Å². The number of aromatic nitrogens is 2. The fourth-order valence-electron chi connectivity index (χ4n) is 6.93. The van der Waals surface area contributed by atoms with Gasteiger partial charge in [0.15, 0.2) is 5.82 Å². The summed E-state index contributed by atoms with van der Waals surface area (Å²) in [5.41, 5.74) is 1.12. The molecule has 14 heteroatoms. The third-order valence-electron chi connectivity index (χ3n) is 9.59. The number of anilines is 4. The van der Waals surface area contributed by atoms with Crippen molar-refractivity contribution in [1.82, 2.24) is 25.1 Å². The van der Waals surface area contributed by atoms with Gasteiger partial charge in [0.2, 0.25) is 11.9 Å². The zero-order valence-corrected chi connectivity index (χ0v) is 26.4. The first-order chi connectivity index (χ1) is 22.1. The second-order valence-electron chi connectivity index (χ2n) is 12.7. The molecule has 12 nitrogen and oxygen atoms in total. The summed E-state index contributed by atoms with van der Waals surface area (Å²) < 4.78 is 35.4. The Balaban J connectivity index is 1.12. The van der Waals surface area contributed by atoms with Gasteiger partial charge in [-0.25, -0.2) is 4.98 Å². The monoisotopic (exact) mass is 640 g/mol. The number of nitrogens with one attached hydrogen (secondary N) is 2. The van der Waals surface area contributed by atoms with Gasteiger partial charge in [0, 0.05) is 37.8 Å². The van der Waals surface area contributed by atoms with Gasteiger partial charge in [0.1, 0.15) is 11.4 Å². The number of amides is 3. The first-order valence-corrected chi connectivity index (χ1v) is 16.2. The van der Waals surface area contributed by atoms with Gasteiger partial charge in [-0.05, 0) is 69.8 Å². The van der Waals surface area contributed by atoms with Crippen molar-refractivity contribution in [2.75, 3.05) is 68.5 Å². The van der Waals surface area contributed by atoms with Crippen LogP contribution in [0.2, 0.25) is 0 Å². The molecule has 1 aliphatic carbocycles. The molecule has 1 aromatic carbocycles. The topological polar surface area (TPSA) is 123 Å². The first kappa shape index (κ1) is 31.9. The van der Waals surface area contributed by atoms with E-state index in [4.69, 9.17) is 4.74 Å². The minimum atomic E-state index is -3.56. The number of nitrogens with zero attached hydrogens (tertiary/aromatic N) is 6. The number of benzene rings is 1. The molecule has 6 rings (SSSR count). The van der Waals surface area contributed by atoms with E-state index < -0.39 is 18.4 Å². The van der Waals surface area contributed by atoms with Gasteiger partial charge >= 0.3 is 5.92 Å². The van der Waals surface area contributed by atoms with Crippen LogP contribution < -0.4 is 25.2 Å². The minimum Gasteiger partial charge on any atom is -0.495 e. The summed E-state index contributed by atoms with van der Waals surface area (Å²) in [6.07, 6.45) is 8.40. The minimum absolute atomic E-state index is 0.0414. The highest BCUT2D eigenvalue weighted by atomic mass is 19.3. The normalized spacial score (nSPS) is 20.9. The van der Waals surface area contributed by atoms with E-state index in [1.807, 2.05) is 4.90 Å². The van der Waals surface area contributed by atoms with Crippen LogP contribution in [-0.4, -0.2) is 109 Å². The van der Waals surface area contributed by atoms with Gasteiger partial charge in [0.25, 0.3) is 11.8 Å². The number of carbonyl (C=O) groups excluding carboxylic acids is 3. The molecule has 0 unspecified atom stereocenters. The number of piperidine rings is 1. The summed E-state index contributed by atoms with van der Waals surface area (Å²) in [4.78, 5) is 53.9. The summed E-state index contributed by atoms with van der Waals surface area (Å²) in [5.74, 6) is -4.14. The molecule has 2 N–H and O–H groups in total. The molecule has 1 saturated carbocycles. The largest absolute Gasteiger partial charge is 0.495 e. The van der Waals surface area contributed by atoms with Crippen molar-refractivity contribution >= 4 is 40.9 Å². The van der Waals surface area contributed by atoms with Gasteiger partial charge < -0.3 is 30.1 Å². The van der Waals surface area contributed by atoms with E-state index in [1.165, 1.54) is 20.4 Å². The Labute approximate surface area is 267 Å². The van der Waals surface area contributed by atoms with Crippen molar-refractivity contribution in [3.05, 3.63) is 30.0 Å². The third kappa shape index (κ3) is 6.72. The van der Waals surface area contributed by atoms with E-state index in [-0.39, 0.29) is 41.4 Å². The molecule has 0 radical (unpaired) electrons. The van der Waals surface area contributed by atoms with Gasteiger partial charge in [-0.15, -0.1) is 0 Å². The zero-order chi connectivity index (χ0) is 32.4. The van der Waals surface area contributed by atoms with Crippen LogP contribution >= 0.6 is 0 Å². The van der Waals surface area contributed by atoms with E-state index in [0.29, 0.717) is 49.5 Å². The van der Waals surface area contributed by atoms with Crippen molar-refractivity contribution in [3.8, 4) is 5.75 Å². The number of rotatable bonds is 8. The zero-order valence-electron chi connectivity index (χ0n) is 26.4. The second-order valence-corrected chi connectivity index (χ2v) is 12.7. The fourth-order valence-corrected chi connectivity index (χ4v) is 6.93. The molecule has 4 aliphatic rings. The van der Waals surface area contributed by atoms with Gasteiger partial charge in [-0.2, -0.15) is 13.8 Å². The van der Waals surface area contributed by atoms with Crippen molar-refractivity contribution in [2.24, 2.45) is 0 Å². The Bertz CT molecular complexity index is 1460. The maximum absolute atomic E-state index is 14.9. The number of likely N-dealkylation sites (tertiary alicyclic amines) is 2. The number of fused-ring (bicyclic) bond motifs is 1. The standard InChI is InChI=1S/C32H42F2N8O4/c1-39-25-18-35-31(38-28(25)42(23-7-3-4-8-23)20-32(33,34)30(39)45)37-24-10-9-21(17-26(24)46-2)29(44)36-22-11-15-41(16-12-22)27(43)19-40-13-5-6-14-40/h9-10,17-18,22-23H,3-8,11-16,19-20H2,1-2H3,(H,36,44)(H,35,37,38). The molecule has 0 bridgehead atoms. The van der Waals surface area contributed by atoms with Crippen molar-refractivity contribution < 1.29 is 27.9 Å². The van der Waals surface area contributed by atoms with Crippen LogP contribution in [0.15, 0.2) is 24.4 Å². The molecule has 3 amide bonds. The third-order valence-corrected chi connectivity index (χ3v) is 9.59. The lowest BCUT2D eigenvalue weighted by molar-refractivity contribution is -0.140. The van der Waals surface area contributed by atoms with Crippen LogP contribution in [0.4, 0.5) is 31.9 Å². The molecule has 2 saturated heterocycles. The highest BCUT2D eigenvalue weighted by Crippen LogP contribution is 2.40. The predicted octanol–water partition coefficient (Wildman–Crippen LogP) is 3.41. The van der Waals surface area contributed by atoms with Crippen LogP contribution in [-0.2, 0) is 9.59 Å². The number of methoxy groups -OCH3 is 1. The molecule has 248 valence electrons. The van der Waals surface area contributed by atoms with Gasteiger partial charge in [-0.3, -0.25) is 19.3 Å². The van der Waals surface area contributed by atoms with Crippen molar-refractivity contribution in [3.63, 3.8) is 0 Å². The molecular formula is C32H42F2N8O4. The number of hydrogen-bond donors (Lipinski definition) is 2. The van der Waals surface area contributed by atoms with E-state index >= 15 is 0 Å². The fraction of sp³-hybridized carbons (Fsp3) is 0.594. The highest BCUT2D eigenvalue weighted by Gasteiger charge is 2.48. The lowest BCUT2D eigenvalue weighted by Gasteiger charge is -2.33. The summed E-state index contributed by atoms with van der Waals surface area (Å²) in [6.45, 7) is 2.92. The maximum atomic E-state index is 14.9. The number of carbonyl (C=O) groups is 3. The number of halogens is 2. The Hall–Kier alpha value is -4.07. The van der Waals surface area contributed by atoms with Gasteiger partial charge in [0.05, 0.1) is 32.1 Å². The Morgan fingerprint density at radius 3 is 2.46 bits per heavy atom. The average Bonchev–Trinajstić information content (AvgIpc) is 3.77. The predicted molar refractivity (Wildman–Crippen MR) is 169 cm³/mol. The Kier molecular flexibility index (Phi) is 9.25. The maximum Gasteiger partial charge on any atom is 0.342 e. The molecule has 2 aromatic rings. The number of hydrogen-bond acceptors (Lipinski definition) is 9. The molecule has 4 heterocycles. The number of alkyl halides is 2. The summed E-state index contributed by atoms with van der Waals surface area (Å²) in [6, 6.07) is 4.77. The molecule has 46 heavy (non-hydrogen) atoms. The summed E-state index contributed by atoms with van der Waals surface area (Å²) >= 11 is 0.